The van der Waals surface area contributed by atoms with Crippen molar-refractivity contribution in [2.45, 2.75) is 39.1 Å². The highest BCUT2D eigenvalue weighted by Crippen LogP contribution is 2.15. The lowest BCUT2D eigenvalue weighted by molar-refractivity contribution is -0.131. The fourth-order valence-electron chi connectivity index (χ4n) is 1.63. The van der Waals surface area contributed by atoms with Crippen LogP contribution in [-0.4, -0.2) is 40.3 Å². The number of carbonyl (C=O) groups excluding carboxylic acids is 2. The highest BCUT2D eigenvalue weighted by atomic mass is 35.5. The van der Waals surface area contributed by atoms with Crippen molar-refractivity contribution in [1.29, 1.82) is 0 Å². The summed E-state index contributed by atoms with van der Waals surface area (Å²) in [6.45, 7) is 6.69. The molecule has 1 aromatic rings. The standard InChI is InChI=1S/C13H19ClN2O3S/c1-4-6-16(12(17)9(3)14)7-11-15-10(8-20-11)13(18)19-5-2/h8-9H,4-7H2,1-3H3. The minimum atomic E-state index is -0.564. The second-order valence-electron chi connectivity index (χ2n) is 4.22. The maximum absolute atomic E-state index is 12.0. The van der Waals surface area contributed by atoms with E-state index < -0.39 is 11.3 Å². The number of ether oxygens (including phenoxy) is 1. The van der Waals surface area contributed by atoms with Gasteiger partial charge in [-0.1, -0.05) is 6.92 Å². The van der Waals surface area contributed by atoms with Crippen molar-refractivity contribution in [3.8, 4) is 0 Å². The summed E-state index contributed by atoms with van der Waals surface area (Å²) in [6.07, 6.45) is 0.839. The summed E-state index contributed by atoms with van der Waals surface area (Å²) in [5.41, 5.74) is 0.287. The Balaban J connectivity index is 2.74. The van der Waals surface area contributed by atoms with Crippen molar-refractivity contribution in [2.75, 3.05) is 13.2 Å². The van der Waals surface area contributed by atoms with Crippen LogP contribution in [0.2, 0.25) is 0 Å². The molecule has 1 amide bonds. The summed E-state index contributed by atoms with van der Waals surface area (Å²) in [4.78, 5) is 29.3. The Morgan fingerprint density at radius 2 is 2.20 bits per heavy atom. The van der Waals surface area contributed by atoms with E-state index in [0.717, 1.165) is 6.42 Å². The molecule has 0 fully saturated rings. The number of esters is 1. The number of hydrogen-bond donors (Lipinski definition) is 0. The first-order chi connectivity index (χ1) is 9.49. The van der Waals surface area contributed by atoms with Gasteiger partial charge in [0.15, 0.2) is 5.69 Å². The number of alkyl halides is 1. The summed E-state index contributed by atoms with van der Waals surface area (Å²) in [5.74, 6) is -0.560. The molecule has 0 aliphatic heterocycles. The van der Waals surface area contributed by atoms with Crippen LogP contribution >= 0.6 is 22.9 Å². The molecule has 1 aromatic heterocycles. The summed E-state index contributed by atoms with van der Waals surface area (Å²) < 4.78 is 4.88. The van der Waals surface area contributed by atoms with Crippen LogP contribution in [0.15, 0.2) is 5.38 Å². The quantitative estimate of drug-likeness (QED) is 0.573. The number of amides is 1. The smallest absolute Gasteiger partial charge is 0.357 e. The van der Waals surface area contributed by atoms with E-state index in [1.807, 2.05) is 6.92 Å². The van der Waals surface area contributed by atoms with Gasteiger partial charge in [0, 0.05) is 11.9 Å². The maximum Gasteiger partial charge on any atom is 0.357 e. The predicted octanol–water partition coefficient (Wildman–Crippen LogP) is 2.69. The Morgan fingerprint density at radius 1 is 1.50 bits per heavy atom. The number of carbonyl (C=O) groups is 2. The van der Waals surface area contributed by atoms with Crippen LogP contribution in [0.5, 0.6) is 0 Å². The summed E-state index contributed by atoms with van der Waals surface area (Å²) in [6, 6.07) is 0. The highest BCUT2D eigenvalue weighted by Gasteiger charge is 2.20. The van der Waals surface area contributed by atoms with Gasteiger partial charge in [0.05, 0.1) is 13.2 Å². The molecule has 0 N–H and O–H groups in total. The second-order valence-corrected chi connectivity index (χ2v) is 5.82. The van der Waals surface area contributed by atoms with E-state index in [0.29, 0.717) is 24.7 Å². The first-order valence-electron chi connectivity index (χ1n) is 6.53. The fourth-order valence-corrected chi connectivity index (χ4v) is 2.55. The number of rotatable bonds is 7. The average molecular weight is 319 g/mol. The SMILES string of the molecule is CCCN(Cc1nc(C(=O)OCC)cs1)C(=O)C(C)Cl. The molecule has 0 aliphatic carbocycles. The molecule has 1 unspecified atom stereocenters. The molecule has 0 aromatic carbocycles. The van der Waals surface area contributed by atoms with Gasteiger partial charge in [-0.15, -0.1) is 22.9 Å². The van der Waals surface area contributed by atoms with Crippen LogP contribution in [-0.2, 0) is 16.1 Å². The summed E-state index contributed by atoms with van der Waals surface area (Å²) in [5, 5.41) is 1.78. The van der Waals surface area contributed by atoms with Crippen LogP contribution in [0.4, 0.5) is 0 Å². The minimum absolute atomic E-state index is 0.124. The van der Waals surface area contributed by atoms with E-state index >= 15 is 0 Å². The molecule has 0 spiro atoms. The van der Waals surface area contributed by atoms with Gasteiger partial charge in [-0.25, -0.2) is 9.78 Å². The van der Waals surface area contributed by atoms with E-state index in [9.17, 15) is 9.59 Å². The molecule has 0 aliphatic rings. The Morgan fingerprint density at radius 3 is 2.75 bits per heavy atom. The monoisotopic (exact) mass is 318 g/mol. The number of nitrogens with zero attached hydrogens (tertiary/aromatic N) is 2. The van der Waals surface area contributed by atoms with Gasteiger partial charge in [-0.2, -0.15) is 0 Å². The summed E-state index contributed by atoms with van der Waals surface area (Å²) in [7, 11) is 0. The van der Waals surface area contributed by atoms with E-state index in [1.165, 1.54) is 11.3 Å². The zero-order valence-electron chi connectivity index (χ0n) is 11.9. The Bertz CT molecular complexity index is 462. The number of hydrogen-bond acceptors (Lipinski definition) is 5. The third-order valence-corrected chi connectivity index (χ3v) is 3.53. The Labute approximate surface area is 127 Å². The normalized spacial score (nSPS) is 12.0. The predicted molar refractivity (Wildman–Crippen MR) is 79.1 cm³/mol. The van der Waals surface area contributed by atoms with Crippen LogP contribution in [0.1, 0.15) is 42.7 Å². The van der Waals surface area contributed by atoms with Crippen LogP contribution in [0, 0.1) is 0 Å². The Hall–Kier alpha value is -1.14. The molecule has 1 heterocycles. The maximum atomic E-state index is 12.0. The van der Waals surface area contributed by atoms with Gasteiger partial charge in [-0.3, -0.25) is 4.79 Å². The van der Waals surface area contributed by atoms with Crippen molar-refractivity contribution >= 4 is 34.8 Å². The zero-order chi connectivity index (χ0) is 15.1. The average Bonchev–Trinajstić information content (AvgIpc) is 2.86. The van der Waals surface area contributed by atoms with E-state index in [4.69, 9.17) is 16.3 Å². The van der Waals surface area contributed by atoms with Gasteiger partial charge in [0.1, 0.15) is 10.4 Å². The van der Waals surface area contributed by atoms with Gasteiger partial charge < -0.3 is 9.64 Å². The molecule has 20 heavy (non-hydrogen) atoms. The van der Waals surface area contributed by atoms with Crippen LogP contribution in [0.25, 0.3) is 0 Å². The number of halogens is 1. The molecule has 0 saturated carbocycles. The number of aromatic nitrogens is 1. The topological polar surface area (TPSA) is 59.5 Å². The van der Waals surface area contributed by atoms with Gasteiger partial charge in [0.2, 0.25) is 5.91 Å². The Kier molecular flexibility index (Phi) is 6.95. The van der Waals surface area contributed by atoms with Crippen molar-refractivity contribution in [3.05, 3.63) is 16.1 Å². The molecule has 1 rings (SSSR count). The largest absolute Gasteiger partial charge is 0.461 e. The molecule has 112 valence electrons. The third kappa shape index (κ3) is 4.76. The molecule has 7 heteroatoms. The highest BCUT2D eigenvalue weighted by molar-refractivity contribution is 7.09. The number of thiazole rings is 1. The van der Waals surface area contributed by atoms with Gasteiger partial charge in [0.25, 0.3) is 0 Å². The molecule has 0 saturated heterocycles. The lowest BCUT2D eigenvalue weighted by atomic mass is 10.3. The fraction of sp³-hybridized carbons (Fsp3) is 0.615. The minimum Gasteiger partial charge on any atom is -0.461 e. The first-order valence-corrected chi connectivity index (χ1v) is 7.85. The molecule has 0 radical (unpaired) electrons. The second kappa shape index (κ2) is 8.21. The van der Waals surface area contributed by atoms with Crippen molar-refractivity contribution in [3.63, 3.8) is 0 Å². The van der Waals surface area contributed by atoms with Crippen molar-refractivity contribution in [2.24, 2.45) is 0 Å². The first kappa shape index (κ1) is 16.9. The lowest BCUT2D eigenvalue weighted by Crippen LogP contribution is -2.35. The summed E-state index contributed by atoms with van der Waals surface area (Å²) >= 11 is 7.18. The molecular formula is C13H19ClN2O3S. The molecular weight excluding hydrogens is 300 g/mol. The van der Waals surface area contributed by atoms with Crippen molar-refractivity contribution in [1.82, 2.24) is 9.88 Å². The third-order valence-electron chi connectivity index (χ3n) is 2.51. The zero-order valence-corrected chi connectivity index (χ0v) is 13.5. The lowest BCUT2D eigenvalue weighted by Gasteiger charge is -2.22. The molecule has 1 atom stereocenters. The van der Waals surface area contributed by atoms with Gasteiger partial charge >= 0.3 is 5.97 Å². The van der Waals surface area contributed by atoms with Crippen LogP contribution < -0.4 is 0 Å². The van der Waals surface area contributed by atoms with Gasteiger partial charge in [-0.05, 0) is 20.3 Å². The van der Waals surface area contributed by atoms with E-state index in [1.54, 1.807) is 24.1 Å². The van der Waals surface area contributed by atoms with E-state index in [2.05, 4.69) is 4.98 Å². The molecule has 0 bridgehead atoms. The van der Waals surface area contributed by atoms with Crippen molar-refractivity contribution < 1.29 is 14.3 Å². The molecule has 5 nitrogen and oxygen atoms in total. The van der Waals surface area contributed by atoms with E-state index in [-0.39, 0.29) is 11.6 Å². The van der Waals surface area contributed by atoms with Crippen LogP contribution in [0.3, 0.4) is 0 Å².